The highest BCUT2D eigenvalue weighted by Crippen LogP contribution is 2.32. The Balaban J connectivity index is 1.62. The van der Waals surface area contributed by atoms with Crippen molar-refractivity contribution in [3.05, 3.63) is 33.4 Å². The third-order valence-electron chi connectivity index (χ3n) is 3.77. The van der Waals surface area contributed by atoms with Crippen LogP contribution in [-0.2, 0) is 0 Å². The number of nitrogen functional groups attached to an aromatic ring is 1. The molecule has 0 spiro atoms. The maximum absolute atomic E-state index is 13.3. The van der Waals surface area contributed by atoms with Crippen LogP contribution in [0.4, 0.5) is 15.3 Å². The van der Waals surface area contributed by atoms with Crippen molar-refractivity contribution in [3.8, 4) is 5.75 Å². The fourth-order valence-electron chi connectivity index (χ4n) is 2.54. The number of amides is 1. The van der Waals surface area contributed by atoms with Crippen LogP contribution in [0.15, 0.2) is 22.7 Å². The number of aromatic nitrogens is 1. The maximum atomic E-state index is 13.3. The number of anilines is 2. The number of halogens is 2. The summed E-state index contributed by atoms with van der Waals surface area (Å²) in [5.41, 5.74) is 11.0. The first-order chi connectivity index (χ1) is 11.4. The molecule has 6 nitrogen and oxygen atoms in total. The zero-order chi connectivity index (χ0) is 17.3. The van der Waals surface area contributed by atoms with Crippen molar-refractivity contribution < 1.29 is 13.9 Å². The van der Waals surface area contributed by atoms with Crippen molar-refractivity contribution >= 4 is 44.1 Å². The Bertz CT molecular complexity index is 762. The number of benzene rings is 1. The molecule has 0 bridgehead atoms. The Hall–Kier alpha value is -1.87. The second kappa shape index (κ2) is 6.94. The minimum atomic E-state index is -0.564. The number of carbonyl (C=O) groups is 1. The van der Waals surface area contributed by atoms with Gasteiger partial charge in [0.05, 0.1) is 4.47 Å². The van der Waals surface area contributed by atoms with Crippen LogP contribution in [0.1, 0.15) is 22.5 Å². The number of ether oxygens (including phenoxy) is 1. The first kappa shape index (κ1) is 17.0. The molecule has 4 N–H and O–H groups in total. The summed E-state index contributed by atoms with van der Waals surface area (Å²) in [6.07, 6.45) is 1.51. The number of piperidine rings is 1. The Kier molecular flexibility index (Phi) is 4.91. The second-order valence-electron chi connectivity index (χ2n) is 5.45. The van der Waals surface area contributed by atoms with Crippen LogP contribution in [0.3, 0.4) is 0 Å². The average Bonchev–Trinajstić information content (AvgIpc) is 2.94. The first-order valence-corrected chi connectivity index (χ1v) is 8.97. The highest BCUT2D eigenvalue weighted by Gasteiger charge is 2.25. The summed E-state index contributed by atoms with van der Waals surface area (Å²) in [5, 5.41) is 0.687. The summed E-state index contributed by atoms with van der Waals surface area (Å²) in [7, 11) is 0. The summed E-state index contributed by atoms with van der Waals surface area (Å²) >= 11 is 4.56. The van der Waals surface area contributed by atoms with E-state index in [4.69, 9.17) is 16.2 Å². The molecule has 1 fully saturated rings. The van der Waals surface area contributed by atoms with E-state index in [-0.39, 0.29) is 22.6 Å². The largest absolute Gasteiger partial charge is 0.489 e. The van der Waals surface area contributed by atoms with E-state index >= 15 is 0 Å². The molecule has 0 saturated carbocycles. The predicted octanol–water partition coefficient (Wildman–Crippen LogP) is 2.77. The summed E-state index contributed by atoms with van der Waals surface area (Å²) < 4.78 is 19.9. The summed E-state index contributed by atoms with van der Waals surface area (Å²) in [4.78, 5) is 17.8. The molecule has 1 amide bonds. The van der Waals surface area contributed by atoms with Crippen molar-refractivity contribution in [1.82, 2.24) is 4.98 Å². The number of nitrogens with zero attached hydrogens (tertiary/aromatic N) is 2. The van der Waals surface area contributed by atoms with Crippen LogP contribution >= 0.6 is 27.3 Å². The van der Waals surface area contributed by atoms with Gasteiger partial charge >= 0.3 is 0 Å². The van der Waals surface area contributed by atoms with Gasteiger partial charge in [0.1, 0.15) is 28.4 Å². The number of hydrogen-bond acceptors (Lipinski definition) is 6. The molecule has 24 heavy (non-hydrogen) atoms. The van der Waals surface area contributed by atoms with Gasteiger partial charge in [-0.15, -0.1) is 0 Å². The quantitative estimate of drug-likeness (QED) is 0.801. The van der Waals surface area contributed by atoms with Gasteiger partial charge in [0.25, 0.3) is 5.91 Å². The lowest BCUT2D eigenvalue weighted by molar-refractivity contribution is 0.100. The van der Waals surface area contributed by atoms with Crippen LogP contribution in [-0.4, -0.2) is 30.1 Å². The lowest BCUT2D eigenvalue weighted by atomic mass is 10.1. The molecule has 0 atom stereocenters. The van der Waals surface area contributed by atoms with Crippen molar-refractivity contribution in [2.75, 3.05) is 23.7 Å². The molecule has 9 heteroatoms. The third-order valence-corrected chi connectivity index (χ3v) is 5.57. The van der Waals surface area contributed by atoms with Gasteiger partial charge in [0.15, 0.2) is 5.13 Å². The van der Waals surface area contributed by atoms with Crippen LogP contribution in [0.5, 0.6) is 5.75 Å². The smallest absolute Gasteiger partial charge is 0.262 e. The number of hydrogen-bond donors (Lipinski definition) is 2. The second-order valence-corrected chi connectivity index (χ2v) is 7.29. The summed E-state index contributed by atoms with van der Waals surface area (Å²) in [6, 6.07) is 4.38. The Morgan fingerprint density at radius 1 is 1.42 bits per heavy atom. The third kappa shape index (κ3) is 3.62. The highest BCUT2D eigenvalue weighted by atomic mass is 79.9. The van der Waals surface area contributed by atoms with Gasteiger partial charge in [-0.3, -0.25) is 4.79 Å². The topological polar surface area (TPSA) is 94.5 Å². The van der Waals surface area contributed by atoms with Crippen molar-refractivity contribution in [2.45, 2.75) is 18.9 Å². The van der Waals surface area contributed by atoms with E-state index in [9.17, 15) is 9.18 Å². The predicted molar refractivity (Wildman–Crippen MR) is 95.0 cm³/mol. The zero-order valence-corrected chi connectivity index (χ0v) is 15.1. The Labute approximate surface area is 150 Å². The molecule has 2 aromatic rings. The number of nitrogens with two attached hydrogens (primary N) is 2. The Morgan fingerprint density at radius 2 is 2.12 bits per heavy atom. The van der Waals surface area contributed by atoms with Crippen LogP contribution in [0.2, 0.25) is 0 Å². The van der Waals surface area contributed by atoms with Crippen molar-refractivity contribution in [3.63, 3.8) is 0 Å². The first-order valence-electron chi connectivity index (χ1n) is 7.37. The molecule has 3 rings (SSSR count). The van der Waals surface area contributed by atoms with Crippen LogP contribution in [0.25, 0.3) is 0 Å². The molecule has 0 unspecified atom stereocenters. The molecule has 2 heterocycles. The number of primary amides is 1. The van der Waals surface area contributed by atoms with E-state index in [1.807, 2.05) is 4.90 Å². The van der Waals surface area contributed by atoms with Crippen LogP contribution in [0, 0.1) is 5.82 Å². The van der Waals surface area contributed by atoms with Gasteiger partial charge in [0.2, 0.25) is 0 Å². The Morgan fingerprint density at radius 3 is 2.75 bits per heavy atom. The molecule has 1 aliphatic heterocycles. The lowest BCUT2D eigenvalue weighted by Crippen LogP contribution is -2.38. The minimum Gasteiger partial charge on any atom is -0.489 e. The molecule has 1 aromatic carbocycles. The van der Waals surface area contributed by atoms with Gasteiger partial charge in [0, 0.05) is 32.0 Å². The van der Waals surface area contributed by atoms with E-state index in [0.29, 0.717) is 24.0 Å². The summed E-state index contributed by atoms with van der Waals surface area (Å²) in [6.45, 7) is 1.42. The van der Waals surface area contributed by atoms with Gasteiger partial charge in [-0.1, -0.05) is 11.3 Å². The maximum Gasteiger partial charge on any atom is 0.262 e. The minimum absolute atomic E-state index is 0.00716. The van der Waals surface area contributed by atoms with Crippen LogP contribution < -0.4 is 21.1 Å². The van der Waals surface area contributed by atoms with Gasteiger partial charge < -0.3 is 21.1 Å². The average molecular weight is 415 g/mol. The van der Waals surface area contributed by atoms with E-state index in [1.165, 1.54) is 23.5 Å². The van der Waals surface area contributed by atoms with E-state index in [2.05, 4.69) is 20.9 Å². The molecule has 1 saturated heterocycles. The number of carbonyl (C=O) groups excluding carboxylic acids is 1. The zero-order valence-electron chi connectivity index (χ0n) is 12.7. The van der Waals surface area contributed by atoms with Crippen molar-refractivity contribution in [2.24, 2.45) is 5.73 Å². The van der Waals surface area contributed by atoms with E-state index in [0.717, 1.165) is 17.3 Å². The van der Waals surface area contributed by atoms with E-state index < -0.39 is 5.91 Å². The van der Waals surface area contributed by atoms with Crippen molar-refractivity contribution in [1.29, 1.82) is 0 Å². The molecule has 0 aliphatic carbocycles. The molecule has 1 aromatic heterocycles. The monoisotopic (exact) mass is 414 g/mol. The lowest BCUT2D eigenvalue weighted by Gasteiger charge is -2.32. The summed E-state index contributed by atoms with van der Waals surface area (Å²) in [5.74, 6) is -0.221. The molecule has 0 radical (unpaired) electrons. The molecular formula is C15H16BrFN4O2S. The van der Waals surface area contributed by atoms with E-state index in [1.54, 1.807) is 6.07 Å². The standard InChI is InChI=1S/C15H16BrFN4O2S/c16-10-2-1-8(17)7-11(10)23-9-3-5-21(6-4-9)15-20-13(18)12(24-15)14(19)22/h1-2,7,9H,3-6,18H2,(H2,19,22). The number of thiazole rings is 1. The van der Waals surface area contributed by atoms with Gasteiger partial charge in [-0.2, -0.15) is 0 Å². The van der Waals surface area contributed by atoms with Gasteiger partial charge in [-0.25, -0.2) is 9.37 Å². The molecular weight excluding hydrogens is 399 g/mol. The highest BCUT2D eigenvalue weighted by molar-refractivity contribution is 9.10. The fourth-order valence-corrected chi connectivity index (χ4v) is 3.77. The fraction of sp³-hybridized carbons (Fsp3) is 0.333. The molecule has 1 aliphatic rings. The normalized spacial score (nSPS) is 15.5. The SMILES string of the molecule is NC(=O)c1sc(N2CCC(Oc3cc(F)ccc3Br)CC2)nc1N. The number of rotatable bonds is 4. The van der Waals surface area contributed by atoms with Gasteiger partial charge in [-0.05, 0) is 28.1 Å². The molecule has 128 valence electrons.